The predicted molar refractivity (Wildman–Crippen MR) is 101 cm³/mol. The molecule has 4 nitrogen and oxygen atoms in total. The quantitative estimate of drug-likeness (QED) is 0.839. The van der Waals surface area contributed by atoms with Gasteiger partial charge in [0.15, 0.2) is 0 Å². The number of halogens is 1. The molecular weight excluding hydrogens is 332 g/mol. The average Bonchev–Trinajstić information content (AvgIpc) is 2.78. The van der Waals surface area contributed by atoms with Crippen molar-refractivity contribution in [3.63, 3.8) is 0 Å². The molecule has 142 valence electrons. The highest BCUT2D eigenvalue weighted by atomic mass is 19.1. The van der Waals surface area contributed by atoms with Crippen LogP contribution in [-0.2, 0) is 9.31 Å². The van der Waals surface area contributed by atoms with Crippen LogP contribution in [0.2, 0.25) is 0 Å². The third kappa shape index (κ3) is 3.67. The lowest BCUT2D eigenvalue weighted by molar-refractivity contribution is 0.00578. The molecule has 0 bridgehead atoms. The first-order valence-corrected chi connectivity index (χ1v) is 9.57. The molecule has 1 heterocycles. The zero-order valence-electron chi connectivity index (χ0n) is 16.4. The van der Waals surface area contributed by atoms with Crippen LogP contribution in [-0.4, -0.2) is 30.3 Å². The number of hydrogen-bond acceptors (Lipinski definition) is 3. The molecule has 1 aromatic rings. The lowest BCUT2D eigenvalue weighted by Gasteiger charge is -2.32. The van der Waals surface area contributed by atoms with Crippen LogP contribution in [0.3, 0.4) is 0 Å². The summed E-state index contributed by atoms with van der Waals surface area (Å²) in [6.45, 7) is 9.71. The standard InChI is InChI=1S/C20H29BFNO3/c1-13-11-15(18(24)23-14-9-7-6-8-10-14)17(22)12-16(13)21-25-19(2,3)20(4,5)26-21/h11-12,14H,6-10H2,1-5H3,(H,23,24). The Morgan fingerprint density at radius 3 is 2.27 bits per heavy atom. The van der Waals surface area contributed by atoms with Crippen molar-refractivity contribution in [2.75, 3.05) is 0 Å². The number of amides is 1. The maximum absolute atomic E-state index is 14.7. The molecule has 0 spiro atoms. The summed E-state index contributed by atoms with van der Waals surface area (Å²) in [4.78, 5) is 12.5. The summed E-state index contributed by atoms with van der Waals surface area (Å²) in [5.41, 5.74) is 0.539. The average molecular weight is 361 g/mol. The molecule has 0 radical (unpaired) electrons. The molecule has 2 aliphatic rings. The molecule has 1 saturated heterocycles. The molecule has 26 heavy (non-hydrogen) atoms. The third-order valence-corrected chi connectivity index (χ3v) is 6.05. The van der Waals surface area contributed by atoms with Gasteiger partial charge in [0.1, 0.15) is 5.82 Å². The zero-order chi connectivity index (χ0) is 19.1. The fourth-order valence-electron chi connectivity index (χ4n) is 3.60. The Hall–Kier alpha value is -1.40. The number of rotatable bonds is 3. The van der Waals surface area contributed by atoms with Gasteiger partial charge < -0.3 is 14.6 Å². The van der Waals surface area contributed by atoms with Gasteiger partial charge in [-0.2, -0.15) is 0 Å². The van der Waals surface area contributed by atoms with E-state index in [1.165, 1.54) is 12.5 Å². The SMILES string of the molecule is Cc1cc(C(=O)NC2CCCCC2)c(F)cc1B1OC(C)(C)C(C)(C)O1. The molecule has 0 atom stereocenters. The van der Waals surface area contributed by atoms with Crippen LogP contribution in [0.25, 0.3) is 0 Å². The highest BCUT2D eigenvalue weighted by molar-refractivity contribution is 6.62. The molecule has 1 amide bonds. The normalized spacial score (nSPS) is 22.5. The minimum Gasteiger partial charge on any atom is -0.399 e. The van der Waals surface area contributed by atoms with E-state index in [0.717, 1.165) is 31.2 Å². The first-order chi connectivity index (χ1) is 12.1. The number of carbonyl (C=O) groups excluding carboxylic acids is 1. The topological polar surface area (TPSA) is 47.6 Å². The Balaban J connectivity index is 1.79. The summed E-state index contributed by atoms with van der Waals surface area (Å²) in [5, 5.41) is 2.98. The van der Waals surface area contributed by atoms with Crippen molar-refractivity contribution in [2.45, 2.75) is 84.0 Å². The van der Waals surface area contributed by atoms with Gasteiger partial charge in [0, 0.05) is 6.04 Å². The summed E-state index contributed by atoms with van der Waals surface area (Å²) >= 11 is 0. The Morgan fingerprint density at radius 2 is 1.69 bits per heavy atom. The van der Waals surface area contributed by atoms with Gasteiger partial charge in [-0.15, -0.1) is 0 Å². The number of carbonyl (C=O) groups is 1. The fourth-order valence-corrected chi connectivity index (χ4v) is 3.60. The largest absolute Gasteiger partial charge is 0.495 e. The monoisotopic (exact) mass is 361 g/mol. The summed E-state index contributed by atoms with van der Waals surface area (Å²) < 4.78 is 26.7. The predicted octanol–water partition coefficient (Wildman–Crippen LogP) is 3.50. The van der Waals surface area contributed by atoms with Crippen LogP contribution in [0.5, 0.6) is 0 Å². The van der Waals surface area contributed by atoms with Crippen molar-refractivity contribution in [3.05, 3.63) is 29.1 Å². The van der Waals surface area contributed by atoms with Gasteiger partial charge in [-0.25, -0.2) is 4.39 Å². The van der Waals surface area contributed by atoms with E-state index in [9.17, 15) is 9.18 Å². The molecule has 0 aromatic heterocycles. The van der Waals surface area contributed by atoms with Gasteiger partial charge >= 0.3 is 7.12 Å². The molecular formula is C20H29BFNO3. The summed E-state index contributed by atoms with van der Waals surface area (Å²) in [5.74, 6) is -0.869. The van der Waals surface area contributed by atoms with E-state index in [0.29, 0.717) is 5.46 Å². The van der Waals surface area contributed by atoms with E-state index in [2.05, 4.69) is 5.32 Å². The lowest BCUT2D eigenvalue weighted by atomic mass is 9.75. The lowest BCUT2D eigenvalue weighted by Crippen LogP contribution is -2.41. The molecule has 1 N–H and O–H groups in total. The molecule has 1 saturated carbocycles. The maximum atomic E-state index is 14.7. The first-order valence-electron chi connectivity index (χ1n) is 9.57. The Labute approximate surface area is 156 Å². The van der Waals surface area contributed by atoms with Crippen LogP contribution < -0.4 is 10.8 Å². The zero-order valence-corrected chi connectivity index (χ0v) is 16.4. The second-order valence-electron chi connectivity index (χ2n) is 8.59. The van der Waals surface area contributed by atoms with Gasteiger partial charge in [-0.1, -0.05) is 24.8 Å². The molecule has 2 fully saturated rings. The van der Waals surface area contributed by atoms with Gasteiger partial charge in [0.2, 0.25) is 0 Å². The van der Waals surface area contributed by atoms with E-state index < -0.39 is 24.1 Å². The van der Waals surface area contributed by atoms with Crippen molar-refractivity contribution in [3.8, 4) is 0 Å². The minimum atomic E-state index is -0.634. The molecule has 6 heteroatoms. The highest BCUT2D eigenvalue weighted by Crippen LogP contribution is 2.36. The van der Waals surface area contributed by atoms with Crippen LogP contribution in [0.4, 0.5) is 4.39 Å². The van der Waals surface area contributed by atoms with Crippen LogP contribution >= 0.6 is 0 Å². The molecule has 0 unspecified atom stereocenters. The van der Waals surface area contributed by atoms with E-state index in [1.54, 1.807) is 6.07 Å². The molecule has 1 aliphatic carbocycles. The van der Waals surface area contributed by atoms with Crippen molar-refractivity contribution in [2.24, 2.45) is 0 Å². The van der Waals surface area contributed by atoms with Gasteiger partial charge in [0.05, 0.1) is 16.8 Å². The Kier molecular flexibility index (Phi) is 5.19. The van der Waals surface area contributed by atoms with Crippen LogP contribution in [0.15, 0.2) is 12.1 Å². The number of aryl methyl sites for hydroxylation is 1. The maximum Gasteiger partial charge on any atom is 0.495 e. The van der Waals surface area contributed by atoms with Crippen molar-refractivity contribution < 1.29 is 18.5 Å². The van der Waals surface area contributed by atoms with E-state index in [4.69, 9.17) is 9.31 Å². The molecule has 1 aliphatic heterocycles. The number of benzene rings is 1. The molecule has 1 aromatic carbocycles. The molecule has 3 rings (SSSR count). The summed E-state index contributed by atoms with van der Waals surface area (Å²) in [7, 11) is -0.634. The van der Waals surface area contributed by atoms with Crippen LogP contribution in [0.1, 0.15) is 75.7 Å². The smallest absolute Gasteiger partial charge is 0.399 e. The van der Waals surface area contributed by atoms with E-state index >= 15 is 0 Å². The van der Waals surface area contributed by atoms with E-state index in [1.807, 2.05) is 34.6 Å². The van der Waals surface area contributed by atoms with Gasteiger partial charge in [0.25, 0.3) is 5.91 Å². The minimum absolute atomic E-state index is 0.0911. The van der Waals surface area contributed by atoms with Crippen molar-refractivity contribution >= 4 is 18.5 Å². The van der Waals surface area contributed by atoms with Gasteiger partial charge in [-0.3, -0.25) is 4.79 Å². The fraction of sp³-hybridized carbons (Fsp3) is 0.650. The van der Waals surface area contributed by atoms with E-state index in [-0.39, 0.29) is 17.5 Å². The highest BCUT2D eigenvalue weighted by Gasteiger charge is 2.52. The third-order valence-electron chi connectivity index (χ3n) is 6.05. The second-order valence-corrected chi connectivity index (χ2v) is 8.59. The first kappa shape index (κ1) is 19.4. The number of nitrogens with one attached hydrogen (secondary N) is 1. The number of hydrogen-bond donors (Lipinski definition) is 1. The van der Waals surface area contributed by atoms with Crippen molar-refractivity contribution in [1.29, 1.82) is 0 Å². The van der Waals surface area contributed by atoms with Crippen molar-refractivity contribution in [1.82, 2.24) is 5.32 Å². The second kappa shape index (κ2) is 6.97. The van der Waals surface area contributed by atoms with Crippen LogP contribution in [0, 0.1) is 12.7 Å². The Morgan fingerprint density at radius 1 is 1.12 bits per heavy atom. The summed E-state index contributed by atoms with van der Waals surface area (Å²) in [6, 6.07) is 3.14. The Bertz CT molecular complexity index is 683. The summed E-state index contributed by atoms with van der Waals surface area (Å²) in [6.07, 6.45) is 5.39. The van der Waals surface area contributed by atoms with Gasteiger partial charge in [-0.05, 0) is 65.1 Å².